The maximum absolute atomic E-state index is 5.81. The van der Waals surface area contributed by atoms with Crippen LogP contribution in [0.1, 0.15) is 17.8 Å². The van der Waals surface area contributed by atoms with E-state index in [0.717, 1.165) is 23.1 Å². The molecular weight excluding hydrogens is 316 g/mol. The monoisotopic (exact) mass is 328 g/mol. The highest BCUT2D eigenvalue weighted by Crippen LogP contribution is 2.47. The average molecular weight is 329 g/mol. The highest BCUT2D eigenvalue weighted by atomic mass is 79.9. The van der Waals surface area contributed by atoms with E-state index in [-0.39, 0.29) is 0 Å². The molecule has 1 aliphatic carbocycles. The van der Waals surface area contributed by atoms with E-state index in [1.165, 1.54) is 22.7 Å². The number of rotatable bonds is 4. The predicted octanol–water partition coefficient (Wildman–Crippen LogP) is 3.92. The van der Waals surface area contributed by atoms with E-state index in [2.05, 4.69) is 32.8 Å². The Hall–Kier alpha value is -0.230. The zero-order chi connectivity index (χ0) is 11.9. The van der Waals surface area contributed by atoms with E-state index < -0.39 is 0 Å². The van der Waals surface area contributed by atoms with Crippen molar-refractivity contribution in [2.45, 2.75) is 19.3 Å². The zero-order valence-corrected chi connectivity index (χ0v) is 12.5. The van der Waals surface area contributed by atoms with Crippen molar-refractivity contribution in [3.8, 4) is 10.6 Å². The number of thiophene rings is 1. The molecule has 1 aliphatic rings. The number of halogens is 1. The maximum atomic E-state index is 5.81. The van der Waals surface area contributed by atoms with Crippen LogP contribution in [0, 0.1) is 5.41 Å². The summed E-state index contributed by atoms with van der Waals surface area (Å²) in [6, 6.07) is 2.12. The molecule has 2 N–H and O–H groups in total. The van der Waals surface area contributed by atoms with Gasteiger partial charge < -0.3 is 5.73 Å². The minimum Gasteiger partial charge on any atom is -0.330 e. The van der Waals surface area contributed by atoms with Gasteiger partial charge in [0.25, 0.3) is 0 Å². The van der Waals surface area contributed by atoms with Crippen LogP contribution < -0.4 is 5.73 Å². The lowest BCUT2D eigenvalue weighted by atomic mass is 10.0. The van der Waals surface area contributed by atoms with E-state index in [0.29, 0.717) is 5.41 Å². The van der Waals surface area contributed by atoms with Gasteiger partial charge in [0.2, 0.25) is 0 Å². The summed E-state index contributed by atoms with van der Waals surface area (Å²) in [5.41, 5.74) is 7.30. The van der Waals surface area contributed by atoms with Crippen LogP contribution in [0.15, 0.2) is 21.3 Å². The first-order valence-corrected chi connectivity index (χ1v) is 8.15. The van der Waals surface area contributed by atoms with Crippen LogP contribution in [0.3, 0.4) is 0 Å². The standard InChI is InChI=1S/C12H13BrN2S2/c13-8-3-10(16-5-8)9-6-17-11(15-9)4-12(7-14)1-2-12/h3,5-6H,1-2,4,7,14H2. The first kappa shape index (κ1) is 11.8. The lowest BCUT2D eigenvalue weighted by molar-refractivity contribution is 0.520. The molecule has 5 heteroatoms. The Kier molecular flexibility index (Phi) is 3.11. The van der Waals surface area contributed by atoms with Crippen molar-refractivity contribution in [2.75, 3.05) is 6.54 Å². The molecule has 0 amide bonds. The van der Waals surface area contributed by atoms with Gasteiger partial charge in [0, 0.05) is 21.7 Å². The predicted molar refractivity (Wildman–Crippen MR) is 77.6 cm³/mol. The molecule has 2 aromatic rings. The molecule has 2 nitrogen and oxygen atoms in total. The molecule has 3 rings (SSSR count). The quantitative estimate of drug-likeness (QED) is 0.923. The van der Waals surface area contributed by atoms with Gasteiger partial charge in [0.05, 0.1) is 15.6 Å². The lowest BCUT2D eigenvalue weighted by Gasteiger charge is -2.08. The highest BCUT2D eigenvalue weighted by Gasteiger charge is 2.41. The largest absolute Gasteiger partial charge is 0.330 e. The molecule has 0 spiro atoms. The second-order valence-electron chi connectivity index (χ2n) is 4.64. The molecule has 0 aromatic carbocycles. The summed E-state index contributed by atoms with van der Waals surface area (Å²) in [6.45, 7) is 0.798. The molecule has 2 heterocycles. The van der Waals surface area contributed by atoms with Gasteiger partial charge in [0.1, 0.15) is 0 Å². The summed E-state index contributed by atoms with van der Waals surface area (Å²) >= 11 is 6.96. The van der Waals surface area contributed by atoms with Gasteiger partial charge in [-0.25, -0.2) is 4.98 Å². The normalized spacial score (nSPS) is 17.3. The van der Waals surface area contributed by atoms with Crippen molar-refractivity contribution in [3.05, 3.63) is 26.3 Å². The van der Waals surface area contributed by atoms with E-state index in [1.807, 2.05) is 0 Å². The molecule has 1 fully saturated rings. The Balaban J connectivity index is 1.79. The van der Waals surface area contributed by atoms with Crippen LogP contribution in [-0.2, 0) is 6.42 Å². The number of nitrogens with two attached hydrogens (primary N) is 1. The molecule has 17 heavy (non-hydrogen) atoms. The smallest absolute Gasteiger partial charge is 0.0938 e. The fraction of sp³-hybridized carbons (Fsp3) is 0.417. The minimum absolute atomic E-state index is 0.380. The molecule has 0 atom stereocenters. The molecule has 90 valence electrons. The summed E-state index contributed by atoms with van der Waals surface area (Å²) in [7, 11) is 0. The fourth-order valence-electron chi connectivity index (χ4n) is 1.90. The summed E-state index contributed by atoms with van der Waals surface area (Å²) < 4.78 is 1.13. The molecule has 0 unspecified atom stereocenters. The molecule has 0 saturated heterocycles. The van der Waals surface area contributed by atoms with Crippen LogP contribution >= 0.6 is 38.6 Å². The van der Waals surface area contributed by atoms with Crippen molar-refractivity contribution in [3.63, 3.8) is 0 Å². The maximum Gasteiger partial charge on any atom is 0.0938 e. The van der Waals surface area contributed by atoms with Gasteiger partial charge in [-0.05, 0) is 46.8 Å². The summed E-state index contributed by atoms with van der Waals surface area (Å²) in [4.78, 5) is 5.95. The van der Waals surface area contributed by atoms with Crippen LogP contribution in [0.5, 0.6) is 0 Å². The minimum atomic E-state index is 0.380. The van der Waals surface area contributed by atoms with Crippen molar-refractivity contribution < 1.29 is 0 Å². The number of thiazole rings is 1. The third-order valence-corrected chi connectivity index (χ3v) is 5.85. The lowest BCUT2D eigenvalue weighted by Crippen LogP contribution is -2.17. The third-order valence-electron chi connectivity index (χ3n) is 3.29. The molecule has 0 bridgehead atoms. The Morgan fingerprint density at radius 3 is 2.76 bits per heavy atom. The van der Waals surface area contributed by atoms with Gasteiger partial charge in [-0.2, -0.15) is 0 Å². The second kappa shape index (κ2) is 4.46. The van der Waals surface area contributed by atoms with Crippen LogP contribution in [-0.4, -0.2) is 11.5 Å². The van der Waals surface area contributed by atoms with Gasteiger partial charge in [-0.3, -0.25) is 0 Å². The van der Waals surface area contributed by atoms with E-state index >= 15 is 0 Å². The number of aromatic nitrogens is 1. The van der Waals surface area contributed by atoms with Crippen molar-refractivity contribution in [1.82, 2.24) is 4.98 Å². The zero-order valence-electron chi connectivity index (χ0n) is 9.28. The highest BCUT2D eigenvalue weighted by molar-refractivity contribution is 9.10. The molecular formula is C12H13BrN2S2. The molecule has 0 radical (unpaired) electrons. The Morgan fingerprint density at radius 2 is 2.18 bits per heavy atom. The van der Waals surface area contributed by atoms with E-state index in [9.17, 15) is 0 Å². The summed E-state index contributed by atoms with van der Waals surface area (Å²) in [5, 5.41) is 5.48. The van der Waals surface area contributed by atoms with Gasteiger partial charge in [-0.15, -0.1) is 22.7 Å². The van der Waals surface area contributed by atoms with Crippen molar-refractivity contribution in [2.24, 2.45) is 11.1 Å². The molecule has 1 saturated carbocycles. The first-order chi connectivity index (χ1) is 8.21. The van der Waals surface area contributed by atoms with Crippen LogP contribution in [0.4, 0.5) is 0 Å². The summed E-state index contributed by atoms with van der Waals surface area (Å²) in [6.07, 6.45) is 3.59. The van der Waals surface area contributed by atoms with Crippen LogP contribution in [0.2, 0.25) is 0 Å². The fourth-order valence-corrected chi connectivity index (χ4v) is 4.33. The molecule has 2 aromatic heterocycles. The first-order valence-electron chi connectivity index (χ1n) is 5.60. The second-order valence-corrected chi connectivity index (χ2v) is 7.41. The number of hydrogen-bond acceptors (Lipinski definition) is 4. The Labute approximate surface area is 117 Å². The Bertz CT molecular complexity index is 528. The van der Waals surface area contributed by atoms with Gasteiger partial charge in [-0.1, -0.05) is 0 Å². The van der Waals surface area contributed by atoms with Crippen molar-refractivity contribution in [1.29, 1.82) is 0 Å². The van der Waals surface area contributed by atoms with E-state index in [4.69, 9.17) is 10.7 Å². The van der Waals surface area contributed by atoms with Gasteiger partial charge in [0.15, 0.2) is 0 Å². The average Bonchev–Trinajstić information content (AvgIpc) is 2.73. The number of nitrogens with zero attached hydrogens (tertiary/aromatic N) is 1. The van der Waals surface area contributed by atoms with E-state index in [1.54, 1.807) is 22.7 Å². The Morgan fingerprint density at radius 1 is 1.35 bits per heavy atom. The van der Waals surface area contributed by atoms with Crippen molar-refractivity contribution >= 4 is 38.6 Å². The third kappa shape index (κ3) is 2.47. The summed E-state index contributed by atoms with van der Waals surface area (Å²) in [5.74, 6) is 0. The SMILES string of the molecule is NCC1(Cc2nc(-c3cc(Br)cs3)cs2)CC1. The molecule has 0 aliphatic heterocycles. The number of hydrogen-bond donors (Lipinski definition) is 1. The van der Waals surface area contributed by atoms with Crippen LogP contribution in [0.25, 0.3) is 10.6 Å². The van der Waals surface area contributed by atoms with Gasteiger partial charge >= 0.3 is 0 Å². The topological polar surface area (TPSA) is 38.9 Å².